The van der Waals surface area contributed by atoms with E-state index >= 15 is 0 Å². The Morgan fingerprint density at radius 1 is 1.09 bits per heavy atom. The lowest BCUT2D eigenvalue weighted by atomic mass is 10.2. The molecule has 2 N–H and O–H groups in total. The molecule has 22 heavy (non-hydrogen) atoms. The zero-order valence-corrected chi connectivity index (χ0v) is 12.7. The molecule has 0 saturated heterocycles. The van der Waals surface area contributed by atoms with Crippen LogP contribution in [0.5, 0.6) is 0 Å². The Morgan fingerprint density at radius 3 is 2.59 bits per heavy atom. The van der Waals surface area contributed by atoms with E-state index in [2.05, 4.69) is 20.6 Å². The van der Waals surface area contributed by atoms with E-state index in [-0.39, 0.29) is 5.02 Å². The van der Waals surface area contributed by atoms with Crippen LogP contribution in [0.4, 0.5) is 21.8 Å². The number of halogens is 2. The maximum atomic E-state index is 13.2. The standard InChI is InChI=1S/C16H16ClFN4/c17-12-7-11(5-6-13(12)18)19-15-8-14(9-1-2-9)21-16(22-15)20-10-3-4-10/h5-10H,1-4H2,(H2,19,20,21,22). The van der Waals surface area contributed by atoms with E-state index < -0.39 is 5.82 Å². The number of benzene rings is 1. The minimum absolute atomic E-state index is 0.0952. The summed E-state index contributed by atoms with van der Waals surface area (Å²) in [5.41, 5.74) is 1.78. The summed E-state index contributed by atoms with van der Waals surface area (Å²) in [5.74, 6) is 1.50. The number of aromatic nitrogens is 2. The van der Waals surface area contributed by atoms with E-state index in [9.17, 15) is 4.39 Å². The molecular formula is C16H16ClFN4. The van der Waals surface area contributed by atoms with Crippen molar-refractivity contribution >= 4 is 29.1 Å². The van der Waals surface area contributed by atoms with Crippen LogP contribution in [-0.4, -0.2) is 16.0 Å². The summed E-state index contributed by atoms with van der Waals surface area (Å²) in [4.78, 5) is 9.10. The number of anilines is 3. The summed E-state index contributed by atoms with van der Waals surface area (Å²) in [5, 5.41) is 6.62. The molecule has 0 radical (unpaired) electrons. The van der Waals surface area contributed by atoms with Gasteiger partial charge < -0.3 is 10.6 Å². The van der Waals surface area contributed by atoms with Crippen molar-refractivity contribution in [2.45, 2.75) is 37.6 Å². The van der Waals surface area contributed by atoms with Gasteiger partial charge in [-0.1, -0.05) is 11.6 Å². The van der Waals surface area contributed by atoms with E-state index in [1.165, 1.54) is 31.7 Å². The monoisotopic (exact) mass is 318 g/mol. The Morgan fingerprint density at radius 2 is 1.91 bits per heavy atom. The minimum Gasteiger partial charge on any atom is -0.351 e. The van der Waals surface area contributed by atoms with E-state index in [4.69, 9.17) is 11.6 Å². The second-order valence-electron chi connectivity index (χ2n) is 5.95. The van der Waals surface area contributed by atoms with Gasteiger partial charge in [0.15, 0.2) is 0 Å². The molecule has 4 nitrogen and oxygen atoms in total. The SMILES string of the molecule is Fc1ccc(Nc2cc(C3CC3)nc(NC3CC3)n2)cc1Cl. The summed E-state index contributed by atoms with van der Waals surface area (Å²) >= 11 is 5.82. The Hall–Kier alpha value is -1.88. The van der Waals surface area contributed by atoms with Crippen molar-refractivity contribution in [3.8, 4) is 0 Å². The van der Waals surface area contributed by atoms with Crippen LogP contribution in [0, 0.1) is 5.82 Å². The third-order valence-electron chi connectivity index (χ3n) is 3.84. The molecule has 6 heteroatoms. The summed E-state index contributed by atoms with van der Waals surface area (Å²) in [6, 6.07) is 7.02. The van der Waals surface area contributed by atoms with Gasteiger partial charge in [0.05, 0.1) is 10.7 Å². The van der Waals surface area contributed by atoms with Crippen LogP contribution in [0.25, 0.3) is 0 Å². The molecule has 1 aromatic carbocycles. The van der Waals surface area contributed by atoms with E-state index in [0.717, 1.165) is 5.69 Å². The predicted molar refractivity (Wildman–Crippen MR) is 85.3 cm³/mol. The highest BCUT2D eigenvalue weighted by Crippen LogP contribution is 2.40. The first kappa shape index (κ1) is 13.8. The molecule has 2 aromatic rings. The molecule has 4 rings (SSSR count). The van der Waals surface area contributed by atoms with Crippen molar-refractivity contribution in [3.63, 3.8) is 0 Å². The van der Waals surface area contributed by atoms with Crippen molar-refractivity contribution in [3.05, 3.63) is 40.8 Å². The molecule has 2 aliphatic rings. The molecular weight excluding hydrogens is 303 g/mol. The summed E-state index contributed by atoms with van der Waals surface area (Å²) < 4.78 is 13.2. The topological polar surface area (TPSA) is 49.8 Å². The van der Waals surface area contributed by atoms with Crippen molar-refractivity contribution < 1.29 is 4.39 Å². The molecule has 2 fully saturated rings. The van der Waals surface area contributed by atoms with Crippen molar-refractivity contribution in [1.29, 1.82) is 0 Å². The Kier molecular flexibility index (Phi) is 3.37. The third kappa shape index (κ3) is 3.14. The van der Waals surface area contributed by atoms with E-state index in [1.807, 2.05) is 6.07 Å². The lowest BCUT2D eigenvalue weighted by Gasteiger charge is -2.11. The number of hydrogen-bond donors (Lipinski definition) is 2. The van der Waals surface area contributed by atoms with Crippen LogP contribution in [0.2, 0.25) is 5.02 Å². The fourth-order valence-electron chi connectivity index (χ4n) is 2.31. The van der Waals surface area contributed by atoms with Gasteiger partial charge in [-0.25, -0.2) is 9.37 Å². The fraction of sp³-hybridized carbons (Fsp3) is 0.375. The quantitative estimate of drug-likeness (QED) is 0.854. The van der Waals surface area contributed by atoms with Gasteiger partial charge in [0.1, 0.15) is 11.6 Å². The fourth-order valence-corrected chi connectivity index (χ4v) is 2.50. The Bertz CT molecular complexity index is 713. The predicted octanol–water partition coefficient (Wildman–Crippen LogP) is 4.46. The number of nitrogens with one attached hydrogen (secondary N) is 2. The first-order valence-electron chi connectivity index (χ1n) is 7.55. The highest BCUT2D eigenvalue weighted by atomic mass is 35.5. The number of nitrogens with zero attached hydrogens (tertiary/aromatic N) is 2. The van der Waals surface area contributed by atoms with E-state index in [1.54, 1.807) is 12.1 Å². The maximum Gasteiger partial charge on any atom is 0.225 e. The second-order valence-corrected chi connectivity index (χ2v) is 6.36. The molecule has 1 aromatic heterocycles. The third-order valence-corrected chi connectivity index (χ3v) is 4.13. The molecule has 0 unspecified atom stereocenters. The van der Waals surface area contributed by atoms with Gasteiger partial charge in [0.2, 0.25) is 5.95 Å². The molecule has 0 atom stereocenters. The summed E-state index contributed by atoms with van der Waals surface area (Å²) in [6.07, 6.45) is 4.71. The van der Waals surface area contributed by atoms with Gasteiger partial charge >= 0.3 is 0 Å². The highest BCUT2D eigenvalue weighted by molar-refractivity contribution is 6.31. The van der Waals surface area contributed by atoms with E-state index in [0.29, 0.717) is 29.4 Å². The van der Waals surface area contributed by atoms with Gasteiger partial charge in [-0.2, -0.15) is 4.98 Å². The van der Waals surface area contributed by atoms with Crippen LogP contribution < -0.4 is 10.6 Å². The van der Waals surface area contributed by atoms with Gasteiger partial charge in [0.25, 0.3) is 0 Å². The van der Waals surface area contributed by atoms with Crippen molar-refractivity contribution in [1.82, 2.24) is 9.97 Å². The molecule has 2 saturated carbocycles. The van der Waals surface area contributed by atoms with Crippen LogP contribution >= 0.6 is 11.6 Å². The molecule has 1 heterocycles. The molecule has 114 valence electrons. The number of rotatable bonds is 5. The lowest BCUT2D eigenvalue weighted by molar-refractivity contribution is 0.628. The zero-order chi connectivity index (χ0) is 15.1. The molecule has 2 aliphatic carbocycles. The van der Waals surface area contributed by atoms with Gasteiger partial charge in [-0.05, 0) is 43.9 Å². The smallest absolute Gasteiger partial charge is 0.225 e. The van der Waals surface area contributed by atoms with Crippen LogP contribution in [0.15, 0.2) is 24.3 Å². The summed E-state index contributed by atoms with van der Waals surface area (Å²) in [6.45, 7) is 0. The average molecular weight is 319 g/mol. The van der Waals surface area contributed by atoms with Crippen LogP contribution in [0.1, 0.15) is 37.3 Å². The average Bonchev–Trinajstić information content (AvgIpc) is 3.35. The van der Waals surface area contributed by atoms with Gasteiger partial charge in [-0.15, -0.1) is 0 Å². The van der Waals surface area contributed by atoms with Crippen molar-refractivity contribution in [2.24, 2.45) is 0 Å². The number of hydrogen-bond acceptors (Lipinski definition) is 4. The zero-order valence-electron chi connectivity index (χ0n) is 11.9. The Balaban J connectivity index is 1.61. The van der Waals surface area contributed by atoms with Gasteiger partial charge in [-0.3, -0.25) is 0 Å². The molecule has 0 bridgehead atoms. The molecule has 0 amide bonds. The normalized spacial score (nSPS) is 17.4. The Labute approximate surface area is 133 Å². The first-order chi connectivity index (χ1) is 10.7. The lowest BCUT2D eigenvalue weighted by Crippen LogP contribution is -2.08. The van der Waals surface area contributed by atoms with Gasteiger partial charge in [0, 0.05) is 23.7 Å². The largest absolute Gasteiger partial charge is 0.351 e. The highest BCUT2D eigenvalue weighted by Gasteiger charge is 2.27. The molecule has 0 spiro atoms. The summed E-state index contributed by atoms with van der Waals surface area (Å²) in [7, 11) is 0. The minimum atomic E-state index is -0.426. The maximum absolute atomic E-state index is 13.2. The van der Waals surface area contributed by atoms with Crippen LogP contribution in [0.3, 0.4) is 0 Å². The first-order valence-corrected chi connectivity index (χ1v) is 7.93. The second kappa shape index (κ2) is 5.39. The van der Waals surface area contributed by atoms with Crippen molar-refractivity contribution in [2.75, 3.05) is 10.6 Å². The molecule has 0 aliphatic heterocycles. The van der Waals surface area contributed by atoms with Crippen LogP contribution in [-0.2, 0) is 0 Å².